The number of ether oxygens (including phenoxy) is 1. The van der Waals surface area contributed by atoms with Crippen LogP contribution in [0, 0.1) is 0 Å². The molecular formula is C26H34N4O3. The summed E-state index contributed by atoms with van der Waals surface area (Å²) in [6, 6.07) is 7.70. The summed E-state index contributed by atoms with van der Waals surface area (Å²) in [6.45, 7) is 1.72. The zero-order valence-corrected chi connectivity index (χ0v) is 19.4. The minimum Gasteiger partial charge on any atom is -0.480 e. The number of hydrogen-bond donors (Lipinski definition) is 2. The summed E-state index contributed by atoms with van der Waals surface area (Å²) in [5.74, 6) is 0.675. The molecule has 2 aromatic rings. The minimum absolute atomic E-state index is 0.210. The number of rotatable bonds is 10. The molecule has 1 unspecified atom stereocenters. The minimum atomic E-state index is -0.802. The Morgan fingerprint density at radius 2 is 2.15 bits per heavy atom. The first-order chi connectivity index (χ1) is 16.1. The number of pyridine rings is 2. The molecular weight excluding hydrogens is 416 g/mol. The monoisotopic (exact) mass is 450 g/mol. The number of likely N-dealkylation sites (N-methyl/N-ethyl adjacent to an activating group) is 1. The smallest absolute Gasteiger partial charge is 0.325 e. The van der Waals surface area contributed by atoms with Crippen molar-refractivity contribution in [2.45, 2.75) is 75.5 Å². The van der Waals surface area contributed by atoms with Crippen LogP contribution < -0.4 is 5.32 Å². The largest absolute Gasteiger partial charge is 0.480 e. The van der Waals surface area contributed by atoms with Crippen molar-refractivity contribution < 1.29 is 14.6 Å². The zero-order valence-electron chi connectivity index (χ0n) is 19.4. The number of nitrogens with one attached hydrogen (secondary N) is 1. The molecule has 176 valence electrons. The summed E-state index contributed by atoms with van der Waals surface area (Å²) in [4.78, 5) is 23.5. The first-order valence-corrected chi connectivity index (χ1v) is 12.3. The summed E-state index contributed by atoms with van der Waals surface area (Å²) >= 11 is 0. The van der Waals surface area contributed by atoms with Crippen LogP contribution in [0.15, 0.2) is 30.5 Å². The van der Waals surface area contributed by atoms with Gasteiger partial charge in [-0.2, -0.15) is 0 Å². The maximum atomic E-state index is 12.2. The van der Waals surface area contributed by atoms with Crippen molar-refractivity contribution in [3.8, 4) is 0 Å². The van der Waals surface area contributed by atoms with E-state index >= 15 is 0 Å². The van der Waals surface area contributed by atoms with Crippen LogP contribution in [0.4, 0.5) is 5.82 Å². The van der Waals surface area contributed by atoms with E-state index in [1.165, 1.54) is 12.0 Å². The molecule has 2 aliphatic carbocycles. The van der Waals surface area contributed by atoms with Gasteiger partial charge in [-0.25, -0.2) is 4.98 Å². The molecule has 7 nitrogen and oxygen atoms in total. The van der Waals surface area contributed by atoms with Crippen LogP contribution in [0.1, 0.15) is 73.0 Å². The first-order valence-electron chi connectivity index (χ1n) is 12.3. The standard InChI is InChI=1S/C26H34N4O3/c1-30(24(26(31)32)22-7-3-12-27-23(22)17-8-9-17)20-15-21(16-20)33-14-4-6-19-11-10-18-5-2-13-28-25(18)29-19/h3,7,10-12,17,20-21,24H,2,4-6,8-9,13-16H2,1H3,(H,28,29)(H,31,32). The number of hydrogen-bond acceptors (Lipinski definition) is 6. The van der Waals surface area contributed by atoms with Crippen LogP contribution in [0.25, 0.3) is 0 Å². The molecule has 2 aromatic heterocycles. The van der Waals surface area contributed by atoms with E-state index in [4.69, 9.17) is 9.72 Å². The second kappa shape index (κ2) is 9.77. The third-order valence-electron chi connectivity index (χ3n) is 7.30. The van der Waals surface area contributed by atoms with Gasteiger partial charge in [-0.1, -0.05) is 12.1 Å². The summed E-state index contributed by atoms with van der Waals surface area (Å²) in [7, 11) is 1.93. The highest BCUT2D eigenvalue weighted by molar-refractivity contribution is 5.76. The molecule has 2 saturated carbocycles. The Balaban J connectivity index is 1.09. The summed E-state index contributed by atoms with van der Waals surface area (Å²) < 4.78 is 6.08. The number of aryl methyl sites for hydroxylation is 2. The van der Waals surface area contributed by atoms with Crippen molar-refractivity contribution in [3.05, 3.63) is 53.0 Å². The Bertz CT molecular complexity index is 987. The molecule has 0 saturated heterocycles. The summed E-state index contributed by atoms with van der Waals surface area (Å²) in [5.41, 5.74) is 4.26. The average Bonchev–Trinajstić information content (AvgIpc) is 3.63. The molecule has 3 heterocycles. The molecule has 3 aliphatic rings. The number of fused-ring (bicyclic) bond motifs is 1. The number of carboxylic acid groups (broad SMARTS) is 1. The Kier molecular flexibility index (Phi) is 6.60. The van der Waals surface area contributed by atoms with Crippen LogP contribution in [0.2, 0.25) is 0 Å². The molecule has 1 atom stereocenters. The van der Waals surface area contributed by atoms with Crippen molar-refractivity contribution in [1.29, 1.82) is 0 Å². The van der Waals surface area contributed by atoms with Crippen molar-refractivity contribution in [2.75, 3.05) is 25.5 Å². The lowest BCUT2D eigenvalue weighted by Gasteiger charge is -2.43. The number of nitrogens with zero attached hydrogens (tertiary/aromatic N) is 3. The highest BCUT2D eigenvalue weighted by atomic mass is 16.5. The van der Waals surface area contributed by atoms with E-state index in [0.29, 0.717) is 12.5 Å². The Labute approximate surface area is 195 Å². The van der Waals surface area contributed by atoms with E-state index in [1.807, 2.05) is 24.1 Å². The van der Waals surface area contributed by atoms with E-state index in [1.54, 1.807) is 6.20 Å². The topological polar surface area (TPSA) is 87.6 Å². The predicted octanol–water partition coefficient (Wildman–Crippen LogP) is 3.95. The van der Waals surface area contributed by atoms with Crippen LogP contribution >= 0.6 is 0 Å². The third-order valence-corrected chi connectivity index (χ3v) is 7.30. The Morgan fingerprint density at radius 1 is 1.30 bits per heavy atom. The van der Waals surface area contributed by atoms with Crippen molar-refractivity contribution in [2.24, 2.45) is 0 Å². The Hall–Kier alpha value is -2.51. The highest BCUT2D eigenvalue weighted by Gasteiger charge is 2.40. The van der Waals surface area contributed by atoms with E-state index in [2.05, 4.69) is 22.4 Å². The summed E-state index contributed by atoms with van der Waals surface area (Å²) in [6.07, 6.45) is 10.1. The van der Waals surface area contributed by atoms with E-state index in [0.717, 1.165) is 74.3 Å². The van der Waals surface area contributed by atoms with Gasteiger partial charge in [0.25, 0.3) is 0 Å². The molecule has 0 bridgehead atoms. The number of carboxylic acids is 1. The molecule has 5 rings (SSSR count). The zero-order chi connectivity index (χ0) is 22.8. The number of anilines is 1. The second-order valence-electron chi connectivity index (χ2n) is 9.72. The number of aliphatic carboxylic acids is 1. The predicted molar refractivity (Wildman–Crippen MR) is 126 cm³/mol. The van der Waals surface area contributed by atoms with Gasteiger partial charge in [0.15, 0.2) is 0 Å². The maximum absolute atomic E-state index is 12.2. The number of aromatic nitrogens is 2. The van der Waals surface area contributed by atoms with Gasteiger partial charge >= 0.3 is 5.97 Å². The van der Waals surface area contributed by atoms with Crippen molar-refractivity contribution in [1.82, 2.24) is 14.9 Å². The SMILES string of the molecule is CN(C1CC(OCCCc2ccc3c(n2)NCCC3)C1)C(C(=O)O)c1cccnc1C1CC1. The van der Waals surface area contributed by atoms with Crippen LogP contribution in [-0.4, -0.2) is 58.3 Å². The fourth-order valence-corrected chi connectivity index (χ4v) is 5.11. The average molecular weight is 451 g/mol. The highest BCUT2D eigenvalue weighted by Crippen LogP contribution is 2.43. The van der Waals surface area contributed by atoms with Crippen molar-refractivity contribution in [3.63, 3.8) is 0 Å². The lowest BCUT2D eigenvalue weighted by Crippen LogP contribution is -2.49. The fraction of sp³-hybridized carbons (Fsp3) is 0.577. The molecule has 2 fully saturated rings. The molecule has 1 aliphatic heterocycles. The molecule has 0 aromatic carbocycles. The van der Waals surface area contributed by atoms with Crippen LogP contribution in [-0.2, 0) is 22.4 Å². The van der Waals surface area contributed by atoms with Gasteiger partial charge in [0.2, 0.25) is 0 Å². The second-order valence-corrected chi connectivity index (χ2v) is 9.72. The van der Waals surface area contributed by atoms with E-state index in [-0.39, 0.29) is 12.1 Å². The van der Waals surface area contributed by atoms with Crippen LogP contribution in [0.3, 0.4) is 0 Å². The van der Waals surface area contributed by atoms with Crippen LogP contribution in [0.5, 0.6) is 0 Å². The Morgan fingerprint density at radius 3 is 2.94 bits per heavy atom. The molecule has 0 radical (unpaired) electrons. The van der Waals surface area contributed by atoms with Gasteiger partial charge in [0, 0.05) is 48.3 Å². The lowest BCUT2D eigenvalue weighted by atomic mass is 9.86. The quantitative estimate of drug-likeness (QED) is 0.530. The van der Waals surface area contributed by atoms with Gasteiger partial charge in [0.1, 0.15) is 11.9 Å². The first kappa shape index (κ1) is 22.3. The number of carbonyl (C=O) groups is 1. The van der Waals surface area contributed by atoms with E-state index < -0.39 is 12.0 Å². The third kappa shape index (κ3) is 5.04. The van der Waals surface area contributed by atoms with Gasteiger partial charge in [-0.3, -0.25) is 14.7 Å². The molecule has 0 spiro atoms. The van der Waals surface area contributed by atoms with E-state index in [9.17, 15) is 9.90 Å². The van der Waals surface area contributed by atoms with Gasteiger partial charge in [0.05, 0.1) is 6.10 Å². The molecule has 33 heavy (non-hydrogen) atoms. The lowest BCUT2D eigenvalue weighted by molar-refractivity contribution is -0.146. The summed E-state index contributed by atoms with van der Waals surface area (Å²) in [5, 5.41) is 13.4. The van der Waals surface area contributed by atoms with Gasteiger partial charge in [-0.15, -0.1) is 0 Å². The molecule has 7 heteroatoms. The molecule has 2 N–H and O–H groups in total. The fourth-order valence-electron chi connectivity index (χ4n) is 5.11. The maximum Gasteiger partial charge on any atom is 0.325 e. The normalized spacial score (nSPS) is 22.8. The van der Waals surface area contributed by atoms with Gasteiger partial charge in [-0.05, 0) is 76.1 Å². The molecule has 0 amide bonds. The van der Waals surface area contributed by atoms with Crippen molar-refractivity contribution >= 4 is 11.8 Å². The van der Waals surface area contributed by atoms with Gasteiger partial charge < -0.3 is 15.2 Å².